The Morgan fingerprint density at radius 1 is 1.46 bits per heavy atom. The van der Waals surface area contributed by atoms with E-state index in [1.807, 2.05) is 4.90 Å². The molecule has 4 nitrogen and oxygen atoms in total. The second-order valence-corrected chi connectivity index (χ2v) is 2.71. The number of carbonyl (C=O) groups is 1. The number of hydrogen-bond acceptors (Lipinski definition) is 3. The highest BCUT2D eigenvalue weighted by Crippen LogP contribution is 2.07. The third kappa shape index (κ3) is 5.31. The Labute approximate surface area is 91.0 Å². The Kier molecular flexibility index (Phi) is 10.2. The van der Waals surface area contributed by atoms with Crippen molar-refractivity contribution in [3.05, 3.63) is 0 Å². The van der Waals surface area contributed by atoms with E-state index >= 15 is 0 Å². The predicted molar refractivity (Wildman–Crippen MR) is 57.4 cm³/mol. The second-order valence-electron chi connectivity index (χ2n) is 2.71. The quantitative estimate of drug-likeness (QED) is 0.666. The van der Waals surface area contributed by atoms with Crippen molar-refractivity contribution in [2.45, 2.75) is 12.8 Å². The van der Waals surface area contributed by atoms with Crippen molar-refractivity contribution in [2.24, 2.45) is 5.73 Å². The molecule has 0 spiro atoms. The van der Waals surface area contributed by atoms with Crippen LogP contribution in [0.15, 0.2) is 0 Å². The molecule has 1 amide bonds. The molecule has 0 aromatic heterocycles. The second kappa shape index (κ2) is 8.56. The summed E-state index contributed by atoms with van der Waals surface area (Å²) in [5, 5.41) is 3.09. The van der Waals surface area contributed by atoms with Gasteiger partial charge in [0.2, 0.25) is 5.91 Å². The fraction of sp³-hybridized carbons (Fsp3) is 0.857. The first-order valence-corrected chi connectivity index (χ1v) is 4.03. The van der Waals surface area contributed by atoms with Gasteiger partial charge in [0.15, 0.2) is 0 Å². The molecule has 0 atom stereocenters. The summed E-state index contributed by atoms with van der Waals surface area (Å²) in [6.07, 6.45) is 1.72. The molecule has 6 heteroatoms. The first kappa shape index (κ1) is 15.4. The van der Waals surface area contributed by atoms with Gasteiger partial charge in [-0.2, -0.15) is 0 Å². The van der Waals surface area contributed by atoms with Gasteiger partial charge < -0.3 is 10.6 Å². The average Bonchev–Trinajstić information content (AvgIpc) is 2.37. The van der Waals surface area contributed by atoms with Crippen LogP contribution < -0.4 is 11.1 Å². The Balaban J connectivity index is 0. The highest BCUT2D eigenvalue weighted by atomic mass is 35.5. The molecule has 80 valence electrons. The first-order chi connectivity index (χ1) is 5.34. The van der Waals surface area contributed by atoms with Gasteiger partial charge in [-0.1, -0.05) is 0 Å². The van der Waals surface area contributed by atoms with Crippen LogP contribution in [-0.4, -0.2) is 37.1 Å². The van der Waals surface area contributed by atoms with Crippen molar-refractivity contribution < 1.29 is 4.79 Å². The lowest BCUT2D eigenvalue weighted by Gasteiger charge is -2.15. The molecule has 0 saturated carbocycles. The maximum Gasteiger partial charge on any atom is 0.223 e. The van der Waals surface area contributed by atoms with Crippen LogP contribution in [0.5, 0.6) is 0 Å². The van der Waals surface area contributed by atoms with Crippen LogP contribution in [-0.2, 0) is 4.79 Å². The van der Waals surface area contributed by atoms with Gasteiger partial charge in [0.05, 0.1) is 6.67 Å². The van der Waals surface area contributed by atoms with Crippen LogP contribution in [0.3, 0.4) is 0 Å². The van der Waals surface area contributed by atoms with Gasteiger partial charge in [-0.3, -0.25) is 10.1 Å². The number of nitrogens with one attached hydrogen (secondary N) is 1. The van der Waals surface area contributed by atoms with Gasteiger partial charge in [-0.05, 0) is 6.42 Å². The van der Waals surface area contributed by atoms with Gasteiger partial charge >= 0.3 is 0 Å². The number of nitrogens with zero attached hydrogens (tertiary/aromatic N) is 1. The van der Waals surface area contributed by atoms with E-state index in [0.717, 1.165) is 19.5 Å². The van der Waals surface area contributed by atoms with Crippen LogP contribution >= 0.6 is 24.8 Å². The number of amides is 1. The monoisotopic (exact) mass is 229 g/mol. The molecule has 0 radical (unpaired) electrons. The summed E-state index contributed by atoms with van der Waals surface area (Å²) in [6.45, 7) is 2.97. The minimum atomic E-state index is 0. The molecule has 1 aliphatic rings. The fourth-order valence-electron chi connectivity index (χ4n) is 1.19. The highest BCUT2D eigenvalue weighted by Gasteiger charge is 2.18. The molecule has 1 saturated heterocycles. The van der Waals surface area contributed by atoms with E-state index in [0.29, 0.717) is 19.6 Å². The average molecular weight is 230 g/mol. The third-order valence-electron chi connectivity index (χ3n) is 1.80. The standard InChI is InChI=1S/C7H15N3O.2ClH/c8-3-4-9-6-10-5-1-2-7(10)11;;/h9H,1-6,8H2;2*1H. The van der Waals surface area contributed by atoms with Gasteiger partial charge in [0.1, 0.15) is 0 Å². The molecule has 1 heterocycles. The molecule has 1 aliphatic heterocycles. The molecule has 13 heavy (non-hydrogen) atoms. The third-order valence-corrected chi connectivity index (χ3v) is 1.80. The van der Waals surface area contributed by atoms with E-state index in [9.17, 15) is 4.79 Å². The zero-order valence-electron chi connectivity index (χ0n) is 7.49. The lowest BCUT2D eigenvalue weighted by atomic mass is 10.4. The van der Waals surface area contributed by atoms with Crippen molar-refractivity contribution in [1.29, 1.82) is 0 Å². The van der Waals surface area contributed by atoms with Crippen LogP contribution in [0.4, 0.5) is 0 Å². The van der Waals surface area contributed by atoms with Gasteiger partial charge in [-0.25, -0.2) is 0 Å². The topological polar surface area (TPSA) is 58.4 Å². The zero-order valence-corrected chi connectivity index (χ0v) is 9.12. The lowest BCUT2D eigenvalue weighted by Crippen LogP contribution is -2.37. The Morgan fingerprint density at radius 2 is 2.15 bits per heavy atom. The van der Waals surface area contributed by atoms with Crippen molar-refractivity contribution in [1.82, 2.24) is 10.2 Å². The Bertz CT molecular complexity index is 146. The number of hydrogen-bond donors (Lipinski definition) is 2. The molecule has 0 aliphatic carbocycles. The molecule has 1 fully saturated rings. The van der Waals surface area contributed by atoms with E-state index in [-0.39, 0.29) is 30.7 Å². The first-order valence-electron chi connectivity index (χ1n) is 4.03. The largest absolute Gasteiger partial charge is 0.330 e. The summed E-state index contributed by atoms with van der Waals surface area (Å²) in [6, 6.07) is 0. The molecule has 0 unspecified atom stereocenters. The summed E-state index contributed by atoms with van der Waals surface area (Å²) in [4.78, 5) is 12.9. The summed E-state index contributed by atoms with van der Waals surface area (Å²) < 4.78 is 0. The van der Waals surface area contributed by atoms with Crippen LogP contribution in [0.25, 0.3) is 0 Å². The molecule has 3 N–H and O–H groups in total. The molecule has 0 bridgehead atoms. The predicted octanol–water partition coefficient (Wildman–Crippen LogP) is -0.0418. The molecular weight excluding hydrogens is 213 g/mol. The van der Waals surface area contributed by atoms with Crippen molar-refractivity contribution >= 4 is 30.7 Å². The number of halogens is 2. The minimum absolute atomic E-state index is 0. The Hall–Kier alpha value is -0.0300. The number of rotatable bonds is 4. The van der Waals surface area contributed by atoms with Gasteiger partial charge in [0.25, 0.3) is 0 Å². The van der Waals surface area contributed by atoms with Crippen LogP contribution in [0, 0.1) is 0 Å². The summed E-state index contributed by atoms with van der Waals surface area (Å²) >= 11 is 0. The van der Waals surface area contributed by atoms with E-state index in [1.165, 1.54) is 0 Å². The van der Waals surface area contributed by atoms with Gasteiger partial charge in [-0.15, -0.1) is 24.8 Å². The van der Waals surface area contributed by atoms with E-state index < -0.39 is 0 Å². The lowest BCUT2D eigenvalue weighted by molar-refractivity contribution is -0.127. The summed E-state index contributed by atoms with van der Waals surface area (Å²) in [5.41, 5.74) is 5.28. The van der Waals surface area contributed by atoms with E-state index in [4.69, 9.17) is 5.73 Å². The van der Waals surface area contributed by atoms with E-state index in [2.05, 4.69) is 5.32 Å². The number of likely N-dealkylation sites (tertiary alicyclic amines) is 1. The Morgan fingerprint density at radius 3 is 2.62 bits per heavy atom. The van der Waals surface area contributed by atoms with E-state index in [1.54, 1.807) is 0 Å². The highest BCUT2D eigenvalue weighted by molar-refractivity contribution is 5.85. The normalized spacial score (nSPS) is 15.2. The summed E-state index contributed by atoms with van der Waals surface area (Å²) in [7, 11) is 0. The smallest absolute Gasteiger partial charge is 0.223 e. The van der Waals surface area contributed by atoms with Crippen LogP contribution in [0.1, 0.15) is 12.8 Å². The molecular formula is C7H17Cl2N3O. The van der Waals surface area contributed by atoms with Gasteiger partial charge in [0, 0.05) is 26.1 Å². The zero-order chi connectivity index (χ0) is 8.10. The number of nitrogens with two attached hydrogens (primary N) is 1. The molecule has 0 aromatic carbocycles. The number of carbonyl (C=O) groups excluding carboxylic acids is 1. The molecule has 0 aromatic rings. The van der Waals surface area contributed by atoms with Crippen LogP contribution in [0.2, 0.25) is 0 Å². The van der Waals surface area contributed by atoms with Crippen molar-refractivity contribution in [2.75, 3.05) is 26.3 Å². The summed E-state index contributed by atoms with van der Waals surface area (Å²) in [5.74, 6) is 0.259. The molecule has 1 rings (SSSR count). The van der Waals surface area contributed by atoms with Crippen molar-refractivity contribution in [3.63, 3.8) is 0 Å². The van der Waals surface area contributed by atoms with Crippen molar-refractivity contribution in [3.8, 4) is 0 Å². The fourth-order valence-corrected chi connectivity index (χ4v) is 1.19. The maximum absolute atomic E-state index is 11.0. The maximum atomic E-state index is 11.0. The minimum Gasteiger partial charge on any atom is -0.330 e. The SMILES string of the molecule is Cl.Cl.NCCNCN1CCCC1=O.